The highest BCUT2D eigenvalue weighted by atomic mass is 79.9. The topological polar surface area (TPSA) is 42.0 Å². The van der Waals surface area contributed by atoms with Crippen LogP contribution in [0.1, 0.15) is 0 Å². The fraction of sp³-hybridized carbons (Fsp3) is 0.0769. The summed E-state index contributed by atoms with van der Waals surface area (Å²) in [5.74, 6) is 0.245. The Hall–Kier alpha value is -1.04. The molecule has 2 aromatic rings. The van der Waals surface area contributed by atoms with Gasteiger partial charge in [0.1, 0.15) is 0 Å². The van der Waals surface area contributed by atoms with Crippen LogP contribution in [0, 0.1) is 0 Å². The second kappa shape index (κ2) is 6.93. The van der Waals surface area contributed by atoms with E-state index in [0.29, 0.717) is 10.8 Å². The molecule has 3 nitrogen and oxygen atoms in total. The quantitative estimate of drug-likeness (QED) is 0.833. The van der Waals surface area contributed by atoms with Crippen LogP contribution in [0.5, 0.6) is 0 Å². The molecule has 0 unspecified atom stereocenters. The molecule has 0 aliphatic carbocycles. The molecule has 1 amide bonds. The van der Waals surface area contributed by atoms with E-state index in [2.05, 4.69) is 26.2 Å². The van der Waals surface area contributed by atoms with Gasteiger partial charge >= 0.3 is 0 Å². The van der Waals surface area contributed by atoms with Crippen molar-refractivity contribution in [1.82, 2.24) is 4.98 Å². The first kappa shape index (κ1) is 14.4. The number of pyridine rings is 1. The van der Waals surface area contributed by atoms with Gasteiger partial charge in [-0.25, -0.2) is 4.98 Å². The predicted molar refractivity (Wildman–Crippen MR) is 82.7 cm³/mol. The van der Waals surface area contributed by atoms with Crippen molar-refractivity contribution in [2.75, 3.05) is 11.1 Å². The monoisotopic (exact) mass is 356 g/mol. The third kappa shape index (κ3) is 4.86. The first-order chi connectivity index (χ1) is 9.13. The maximum absolute atomic E-state index is 11.7. The number of carbonyl (C=O) groups excluding carboxylic acids is 1. The fourth-order valence-corrected chi connectivity index (χ4v) is 2.34. The summed E-state index contributed by atoms with van der Waals surface area (Å²) in [6.07, 6.45) is 1.57. The lowest BCUT2D eigenvalue weighted by atomic mass is 10.3. The molecule has 0 spiro atoms. The molecule has 1 N–H and O–H groups in total. The molecule has 1 aromatic carbocycles. The first-order valence-corrected chi connectivity index (χ1v) is 7.59. The normalized spacial score (nSPS) is 10.2. The summed E-state index contributed by atoms with van der Waals surface area (Å²) in [6.45, 7) is 0. The van der Waals surface area contributed by atoms with Crippen LogP contribution >= 0.6 is 39.3 Å². The van der Waals surface area contributed by atoms with E-state index in [0.717, 1.165) is 15.2 Å². The molecule has 0 radical (unpaired) electrons. The van der Waals surface area contributed by atoms with E-state index in [4.69, 9.17) is 11.6 Å². The van der Waals surface area contributed by atoms with Gasteiger partial charge in [-0.3, -0.25) is 4.79 Å². The van der Waals surface area contributed by atoms with Crippen molar-refractivity contribution >= 4 is 50.9 Å². The van der Waals surface area contributed by atoms with Crippen molar-refractivity contribution in [3.63, 3.8) is 0 Å². The maximum atomic E-state index is 11.7. The zero-order chi connectivity index (χ0) is 13.7. The van der Waals surface area contributed by atoms with Crippen molar-refractivity contribution in [2.24, 2.45) is 0 Å². The molecule has 2 rings (SSSR count). The van der Waals surface area contributed by atoms with Gasteiger partial charge < -0.3 is 5.32 Å². The van der Waals surface area contributed by atoms with E-state index in [1.165, 1.54) is 11.8 Å². The fourth-order valence-electron chi connectivity index (χ4n) is 1.32. The summed E-state index contributed by atoms with van der Waals surface area (Å²) < 4.78 is 0.977. The van der Waals surface area contributed by atoms with E-state index in [-0.39, 0.29) is 5.91 Å². The number of anilines is 1. The average Bonchev–Trinajstić information content (AvgIpc) is 2.41. The summed E-state index contributed by atoms with van der Waals surface area (Å²) in [5, 5.41) is 4.18. The standard InChI is InChI=1S/C13H10BrClN2OS/c14-9-1-4-11(5-2-9)17-12(18)8-19-13-6-3-10(15)7-16-13/h1-7H,8H2,(H,17,18). The van der Waals surface area contributed by atoms with Crippen molar-refractivity contribution in [3.8, 4) is 0 Å². The number of rotatable bonds is 4. The Morgan fingerprint density at radius 1 is 1.26 bits per heavy atom. The minimum atomic E-state index is -0.0657. The van der Waals surface area contributed by atoms with E-state index >= 15 is 0 Å². The lowest BCUT2D eigenvalue weighted by Crippen LogP contribution is -2.13. The molecule has 0 fully saturated rings. The minimum Gasteiger partial charge on any atom is -0.325 e. The van der Waals surface area contributed by atoms with Gasteiger partial charge in [0.25, 0.3) is 0 Å². The van der Waals surface area contributed by atoms with Gasteiger partial charge in [0, 0.05) is 16.4 Å². The Morgan fingerprint density at radius 2 is 2.00 bits per heavy atom. The molecule has 0 aliphatic rings. The second-order valence-electron chi connectivity index (χ2n) is 3.66. The number of aromatic nitrogens is 1. The number of nitrogens with one attached hydrogen (secondary N) is 1. The third-order valence-electron chi connectivity index (χ3n) is 2.18. The molecule has 0 saturated heterocycles. The van der Waals surface area contributed by atoms with Gasteiger partial charge in [0.2, 0.25) is 5.91 Å². The lowest BCUT2D eigenvalue weighted by Gasteiger charge is -2.05. The molecular weight excluding hydrogens is 348 g/mol. The highest BCUT2D eigenvalue weighted by Crippen LogP contribution is 2.18. The molecule has 0 atom stereocenters. The van der Waals surface area contributed by atoms with Gasteiger partial charge in [-0.15, -0.1) is 0 Å². The molecule has 0 saturated carbocycles. The summed E-state index contributed by atoms with van der Waals surface area (Å²) >= 11 is 10.5. The smallest absolute Gasteiger partial charge is 0.234 e. The molecule has 1 aromatic heterocycles. The van der Waals surface area contributed by atoms with Crippen LogP contribution in [0.15, 0.2) is 52.1 Å². The molecule has 0 bridgehead atoms. The van der Waals surface area contributed by atoms with Crippen LogP contribution in [0.4, 0.5) is 5.69 Å². The summed E-state index contributed by atoms with van der Waals surface area (Å²) in [5.41, 5.74) is 0.776. The number of hydrogen-bond acceptors (Lipinski definition) is 3. The van der Waals surface area contributed by atoms with Crippen molar-refractivity contribution in [3.05, 3.63) is 52.1 Å². The number of thioether (sulfide) groups is 1. The highest BCUT2D eigenvalue weighted by Gasteiger charge is 2.04. The summed E-state index contributed by atoms with van der Waals surface area (Å²) in [6, 6.07) is 11.0. The number of hydrogen-bond donors (Lipinski definition) is 1. The summed E-state index contributed by atoms with van der Waals surface area (Å²) in [4.78, 5) is 15.9. The van der Waals surface area contributed by atoms with Crippen molar-refractivity contribution in [2.45, 2.75) is 5.03 Å². The van der Waals surface area contributed by atoms with Crippen molar-refractivity contribution in [1.29, 1.82) is 0 Å². The first-order valence-electron chi connectivity index (χ1n) is 5.43. The Morgan fingerprint density at radius 3 is 2.63 bits per heavy atom. The summed E-state index contributed by atoms with van der Waals surface area (Å²) in [7, 11) is 0. The molecule has 6 heteroatoms. The zero-order valence-electron chi connectivity index (χ0n) is 9.77. The maximum Gasteiger partial charge on any atom is 0.234 e. The average molecular weight is 358 g/mol. The molecular formula is C13H10BrClN2OS. The number of halogens is 2. The Balaban J connectivity index is 1.84. The zero-order valence-corrected chi connectivity index (χ0v) is 12.9. The Kier molecular flexibility index (Phi) is 5.24. The number of nitrogens with zero attached hydrogens (tertiary/aromatic N) is 1. The van der Waals surface area contributed by atoms with E-state index < -0.39 is 0 Å². The molecule has 19 heavy (non-hydrogen) atoms. The third-order valence-corrected chi connectivity index (χ3v) is 3.88. The largest absolute Gasteiger partial charge is 0.325 e. The number of carbonyl (C=O) groups is 1. The van der Waals surface area contributed by atoms with E-state index in [9.17, 15) is 4.79 Å². The SMILES string of the molecule is O=C(CSc1ccc(Cl)cn1)Nc1ccc(Br)cc1. The molecule has 1 heterocycles. The second-order valence-corrected chi connectivity index (χ2v) is 6.01. The van der Waals surface area contributed by atoms with E-state index in [1.54, 1.807) is 18.3 Å². The van der Waals surface area contributed by atoms with Crippen LogP contribution in [0.2, 0.25) is 5.02 Å². The Labute approximate surface area is 128 Å². The van der Waals surface area contributed by atoms with Gasteiger partial charge in [0.15, 0.2) is 0 Å². The molecule has 0 aliphatic heterocycles. The molecule has 98 valence electrons. The van der Waals surface area contributed by atoms with Crippen LogP contribution in [-0.2, 0) is 4.79 Å². The van der Waals surface area contributed by atoms with Gasteiger partial charge in [-0.05, 0) is 36.4 Å². The highest BCUT2D eigenvalue weighted by molar-refractivity contribution is 9.10. The van der Waals surface area contributed by atoms with Gasteiger partial charge in [0.05, 0.1) is 15.8 Å². The van der Waals surface area contributed by atoms with Gasteiger partial charge in [-0.2, -0.15) is 0 Å². The van der Waals surface area contributed by atoms with Crippen LogP contribution in [0.25, 0.3) is 0 Å². The predicted octanol–water partition coefficient (Wildman–Crippen LogP) is 4.23. The van der Waals surface area contributed by atoms with Crippen LogP contribution in [0.3, 0.4) is 0 Å². The van der Waals surface area contributed by atoms with E-state index in [1.807, 2.05) is 24.3 Å². The Bertz CT molecular complexity index is 560. The van der Waals surface area contributed by atoms with Gasteiger partial charge in [-0.1, -0.05) is 39.3 Å². The minimum absolute atomic E-state index is 0.0657. The van der Waals surface area contributed by atoms with Crippen LogP contribution in [-0.4, -0.2) is 16.6 Å². The lowest BCUT2D eigenvalue weighted by molar-refractivity contribution is -0.113. The number of amides is 1. The number of benzene rings is 1. The van der Waals surface area contributed by atoms with Crippen LogP contribution < -0.4 is 5.32 Å². The van der Waals surface area contributed by atoms with Crippen molar-refractivity contribution < 1.29 is 4.79 Å².